The summed E-state index contributed by atoms with van der Waals surface area (Å²) in [5.74, 6) is 2.40. The van der Waals surface area contributed by atoms with Crippen molar-refractivity contribution < 1.29 is 0 Å². The number of anilines is 1. The standard InChI is InChI=1S/C14H20N4/c1-10(2)17-7-6-11(9-17)14-16-8-12-4-3-5-13(15)18(12)14/h3-5,8,10-11H,6-7,9,15H2,1-2H3. The summed E-state index contributed by atoms with van der Waals surface area (Å²) in [6.07, 6.45) is 3.09. The van der Waals surface area contributed by atoms with E-state index >= 15 is 0 Å². The fourth-order valence-electron chi connectivity index (χ4n) is 2.85. The van der Waals surface area contributed by atoms with E-state index in [1.807, 2.05) is 18.3 Å². The first-order valence-electron chi connectivity index (χ1n) is 6.62. The van der Waals surface area contributed by atoms with Crippen molar-refractivity contribution in [3.05, 3.63) is 30.2 Å². The van der Waals surface area contributed by atoms with Crippen molar-refractivity contribution >= 4 is 11.3 Å². The summed E-state index contributed by atoms with van der Waals surface area (Å²) in [6, 6.07) is 6.58. The van der Waals surface area contributed by atoms with Crippen LogP contribution in [-0.4, -0.2) is 33.4 Å². The number of nitrogens with zero attached hydrogens (tertiary/aromatic N) is 3. The van der Waals surface area contributed by atoms with Crippen LogP contribution in [0, 0.1) is 0 Å². The van der Waals surface area contributed by atoms with Crippen LogP contribution in [0.5, 0.6) is 0 Å². The first-order valence-corrected chi connectivity index (χ1v) is 6.62. The fourth-order valence-corrected chi connectivity index (χ4v) is 2.85. The summed E-state index contributed by atoms with van der Waals surface area (Å²) in [6.45, 7) is 6.75. The average molecular weight is 244 g/mol. The van der Waals surface area contributed by atoms with Crippen LogP contribution in [0.15, 0.2) is 24.4 Å². The molecule has 3 heterocycles. The molecule has 3 rings (SSSR count). The van der Waals surface area contributed by atoms with Crippen LogP contribution in [0.1, 0.15) is 32.0 Å². The molecular formula is C14H20N4. The van der Waals surface area contributed by atoms with E-state index in [1.165, 1.54) is 6.42 Å². The number of nitrogens with two attached hydrogens (primary N) is 1. The molecule has 1 aliphatic rings. The Morgan fingerprint density at radius 2 is 2.22 bits per heavy atom. The van der Waals surface area contributed by atoms with E-state index in [9.17, 15) is 0 Å². The van der Waals surface area contributed by atoms with E-state index in [0.29, 0.717) is 12.0 Å². The third-order valence-corrected chi connectivity index (χ3v) is 3.92. The predicted molar refractivity (Wildman–Crippen MR) is 73.7 cm³/mol. The number of likely N-dealkylation sites (tertiary alicyclic amines) is 1. The molecule has 2 aromatic rings. The molecule has 0 radical (unpaired) electrons. The predicted octanol–water partition coefficient (Wildman–Crippen LogP) is 2.11. The van der Waals surface area contributed by atoms with E-state index in [1.54, 1.807) is 0 Å². The van der Waals surface area contributed by atoms with Gasteiger partial charge in [0.05, 0.1) is 11.7 Å². The van der Waals surface area contributed by atoms with Gasteiger partial charge in [-0.2, -0.15) is 0 Å². The maximum atomic E-state index is 6.07. The lowest BCUT2D eigenvalue weighted by atomic mass is 10.1. The van der Waals surface area contributed by atoms with Gasteiger partial charge in [-0.05, 0) is 38.9 Å². The SMILES string of the molecule is CC(C)N1CCC(c2ncc3cccc(N)n23)C1. The average Bonchev–Trinajstić information content (AvgIpc) is 2.94. The molecule has 1 fully saturated rings. The number of fused-ring (bicyclic) bond motifs is 1. The first kappa shape index (κ1) is 11.5. The van der Waals surface area contributed by atoms with Gasteiger partial charge in [0.25, 0.3) is 0 Å². The van der Waals surface area contributed by atoms with Gasteiger partial charge in [0, 0.05) is 18.5 Å². The van der Waals surface area contributed by atoms with Gasteiger partial charge in [-0.3, -0.25) is 4.40 Å². The highest BCUT2D eigenvalue weighted by Crippen LogP contribution is 2.29. The Balaban J connectivity index is 1.96. The summed E-state index contributed by atoms with van der Waals surface area (Å²) in [5, 5.41) is 0. The van der Waals surface area contributed by atoms with Crippen molar-refractivity contribution in [3.63, 3.8) is 0 Å². The van der Waals surface area contributed by atoms with E-state index in [4.69, 9.17) is 5.73 Å². The van der Waals surface area contributed by atoms with Crippen LogP contribution < -0.4 is 5.73 Å². The largest absolute Gasteiger partial charge is 0.385 e. The van der Waals surface area contributed by atoms with Crippen LogP contribution in [-0.2, 0) is 0 Å². The molecule has 0 aromatic carbocycles. The highest BCUT2D eigenvalue weighted by atomic mass is 15.2. The summed E-state index contributed by atoms with van der Waals surface area (Å²) in [4.78, 5) is 7.09. The highest BCUT2D eigenvalue weighted by Gasteiger charge is 2.28. The lowest BCUT2D eigenvalue weighted by molar-refractivity contribution is 0.272. The molecule has 0 saturated carbocycles. The molecule has 2 aromatic heterocycles. The number of hydrogen-bond donors (Lipinski definition) is 1. The number of nitrogen functional groups attached to an aromatic ring is 1. The Morgan fingerprint density at radius 3 is 2.94 bits per heavy atom. The van der Waals surface area contributed by atoms with E-state index < -0.39 is 0 Å². The molecule has 0 aliphatic carbocycles. The minimum Gasteiger partial charge on any atom is -0.385 e. The Bertz CT molecular complexity index is 558. The first-order chi connectivity index (χ1) is 8.66. The Morgan fingerprint density at radius 1 is 1.39 bits per heavy atom. The highest BCUT2D eigenvalue weighted by molar-refractivity contribution is 5.53. The van der Waals surface area contributed by atoms with Crippen molar-refractivity contribution in [2.75, 3.05) is 18.8 Å². The van der Waals surface area contributed by atoms with Gasteiger partial charge < -0.3 is 10.6 Å². The third-order valence-electron chi connectivity index (χ3n) is 3.92. The maximum absolute atomic E-state index is 6.07. The van der Waals surface area contributed by atoms with Gasteiger partial charge in [0.15, 0.2) is 0 Å². The lowest BCUT2D eigenvalue weighted by Gasteiger charge is -2.20. The molecule has 0 amide bonds. The lowest BCUT2D eigenvalue weighted by Crippen LogP contribution is -2.28. The van der Waals surface area contributed by atoms with E-state index in [2.05, 4.69) is 34.2 Å². The summed E-state index contributed by atoms with van der Waals surface area (Å²) < 4.78 is 2.09. The number of rotatable bonds is 2. The molecule has 18 heavy (non-hydrogen) atoms. The molecule has 0 bridgehead atoms. The number of imidazole rings is 1. The van der Waals surface area contributed by atoms with Crippen molar-refractivity contribution in [2.24, 2.45) is 0 Å². The third kappa shape index (κ3) is 1.77. The van der Waals surface area contributed by atoms with Crippen molar-refractivity contribution in [1.29, 1.82) is 0 Å². The molecular weight excluding hydrogens is 224 g/mol. The second-order valence-corrected chi connectivity index (χ2v) is 5.40. The van der Waals surface area contributed by atoms with Gasteiger partial charge in [0.2, 0.25) is 0 Å². The minimum absolute atomic E-state index is 0.500. The quantitative estimate of drug-likeness (QED) is 0.880. The van der Waals surface area contributed by atoms with Gasteiger partial charge >= 0.3 is 0 Å². The molecule has 0 spiro atoms. The molecule has 4 nitrogen and oxygen atoms in total. The fraction of sp³-hybridized carbons (Fsp3) is 0.500. The Hall–Kier alpha value is -1.55. The number of pyridine rings is 1. The van der Waals surface area contributed by atoms with E-state index in [-0.39, 0.29) is 0 Å². The van der Waals surface area contributed by atoms with Gasteiger partial charge in [-0.25, -0.2) is 4.98 Å². The Labute approximate surface area is 107 Å². The van der Waals surface area contributed by atoms with Crippen LogP contribution >= 0.6 is 0 Å². The smallest absolute Gasteiger partial charge is 0.119 e. The zero-order chi connectivity index (χ0) is 12.7. The van der Waals surface area contributed by atoms with Crippen LogP contribution in [0.2, 0.25) is 0 Å². The van der Waals surface area contributed by atoms with Crippen molar-refractivity contribution in [2.45, 2.75) is 32.2 Å². The van der Waals surface area contributed by atoms with Crippen molar-refractivity contribution in [1.82, 2.24) is 14.3 Å². The van der Waals surface area contributed by atoms with Crippen LogP contribution in [0.25, 0.3) is 5.52 Å². The van der Waals surface area contributed by atoms with Gasteiger partial charge in [-0.1, -0.05) is 6.07 Å². The molecule has 1 unspecified atom stereocenters. The second-order valence-electron chi connectivity index (χ2n) is 5.40. The Kier molecular flexibility index (Phi) is 2.74. The summed E-state index contributed by atoms with van der Waals surface area (Å²) in [5.41, 5.74) is 7.16. The van der Waals surface area contributed by atoms with Crippen LogP contribution in [0.3, 0.4) is 0 Å². The summed E-state index contributed by atoms with van der Waals surface area (Å²) >= 11 is 0. The molecule has 1 saturated heterocycles. The topological polar surface area (TPSA) is 46.6 Å². The van der Waals surface area contributed by atoms with Gasteiger partial charge in [0.1, 0.15) is 11.6 Å². The number of hydrogen-bond acceptors (Lipinski definition) is 3. The zero-order valence-electron chi connectivity index (χ0n) is 11.0. The molecule has 96 valence electrons. The molecule has 1 aliphatic heterocycles. The molecule has 4 heteroatoms. The zero-order valence-corrected chi connectivity index (χ0v) is 11.0. The molecule has 2 N–H and O–H groups in total. The summed E-state index contributed by atoms with van der Waals surface area (Å²) in [7, 11) is 0. The minimum atomic E-state index is 0.500. The maximum Gasteiger partial charge on any atom is 0.119 e. The normalized spacial score (nSPS) is 21.2. The van der Waals surface area contributed by atoms with Gasteiger partial charge in [-0.15, -0.1) is 0 Å². The monoisotopic (exact) mass is 244 g/mol. The van der Waals surface area contributed by atoms with Crippen molar-refractivity contribution in [3.8, 4) is 0 Å². The van der Waals surface area contributed by atoms with E-state index in [0.717, 1.165) is 30.2 Å². The second kappa shape index (κ2) is 4.28. The number of aromatic nitrogens is 2. The molecule has 1 atom stereocenters. The van der Waals surface area contributed by atoms with Crippen LogP contribution in [0.4, 0.5) is 5.82 Å².